The maximum atomic E-state index is 13.6. The van der Waals surface area contributed by atoms with E-state index in [1.54, 1.807) is 0 Å². The Bertz CT molecular complexity index is 496. The van der Waals surface area contributed by atoms with Crippen LogP contribution in [0.15, 0.2) is 12.1 Å². The number of nitrogens with one attached hydrogen (secondary N) is 1. The highest BCUT2D eigenvalue weighted by Gasteiger charge is 2.30. The molecule has 2 unspecified atom stereocenters. The molecule has 0 aromatic heterocycles. The first-order valence-corrected chi connectivity index (χ1v) is 7.10. The highest BCUT2D eigenvalue weighted by Crippen LogP contribution is 2.34. The van der Waals surface area contributed by atoms with Crippen molar-refractivity contribution in [3.05, 3.63) is 34.9 Å². The minimum Gasteiger partial charge on any atom is -0.242 e. The molecule has 2 nitrogen and oxygen atoms in total. The molecule has 0 aliphatic heterocycles. The monoisotopic (exact) mass is 273 g/mol. The summed E-state index contributed by atoms with van der Waals surface area (Å²) in [6.45, 7) is 5.58. The zero-order valence-electron chi connectivity index (χ0n) is 10.7. The van der Waals surface area contributed by atoms with Crippen molar-refractivity contribution in [3.63, 3.8) is 0 Å². The smallest absolute Gasteiger partial charge is 0.129 e. The average Bonchev–Trinajstić information content (AvgIpc) is 2.60. The topological polar surface area (TPSA) is 29.1 Å². The van der Waals surface area contributed by atoms with Gasteiger partial charge < -0.3 is 0 Å². The van der Waals surface area contributed by atoms with E-state index < -0.39 is 27.4 Å². The van der Waals surface area contributed by atoms with Gasteiger partial charge in [0.1, 0.15) is 11.6 Å². The maximum Gasteiger partial charge on any atom is 0.129 e. The van der Waals surface area contributed by atoms with Crippen LogP contribution in [0.4, 0.5) is 8.78 Å². The van der Waals surface area contributed by atoms with Gasteiger partial charge >= 0.3 is 0 Å². The Morgan fingerprint density at radius 2 is 2.00 bits per heavy atom. The number of rotatable bonds is 2. The summed E-state index contributed by atoms with van der Waals surface area (Å²) < 4.78 is 41.4. The molecule has 0 spiro atoms. The fraction of sp³-hybridized carbons (Fsp3) is 0.538. The molecular formula is C13H17F2NOS. The molecule has 2 rings (SSSR count). The van der Waals surface area contributed by atoms with Gasteiger partial charge in [-0.25, -0.2) is 17.7 Å². The molecule has 0 amide bonds. The van der Waals surface area contributed by atoms with Crippen LogP contribution < -0.4 is 4.72 Å². The Labute approximate surface area is 108 Å². The lowest BCUT2D eigenvalue weighted by atomic mass is 10.1. The lowest BCUT2D eigenvalue weighted by Gasteiger charge is -2.22. The lowest BCUT2D eigenvalue weighted by Crippen LogP contribution is -2.35. The van der Waals surface area contributed by atoms with Gasteiger partial charge in [0.05, 0.1) is 15.7 Å². The van der Waals surface area contributed by atoms with E-state index in [9.17, 15) is 13.0 Å². The molecule has 1 aliphatic carbocycles. The molecule has 18 heavy (non-hydrogen) atoms. The first kappa shape index (κ1) is 13.6. The SMILES string of the molecule is CC(C)(C)S(=O)NC1CCc2c(F)cc(F)cc21. The van der Waals surface area contributed by atoms with Gasteiger partial charge in [-0.1, -0.05) is 0 Å². The van der Waals surface area contributed by atoms with Crippen molar-refractivity contribution in [2.75, 3.05) is 0 Å². The molecule has 1 aromatic carbocycles. The molecule has 2 atom stereocenters. The molecule has 0 saturated carbocycles. The molecule has 100 valence electrons. The highest BCUT2D eigenvalue weighted by atomic mass is 32.2. The largest absolute Gasteiger partial charge is 0.242 e. The molecule has 0 fully saturated rings. The summed E-state index contributed by atoms with van der Waals surface area (Å²) >= 11 is 0. The summed E-state index contributed by atoms with van der Waals surface area (Å²) in [4.78, 5) is 0. The van der Waals surface area contributed by atoms with E-state index in [4.69, 9.17) is 0 Å². The zero-order chi connectivity index (χ0) is 13.5. The molecule has 0 radical (unpaired) electrons. The Hall–Kier alpha value is -0.810. The fourth-order valence-corrected chi connectivity index (χ4v) is 2.93. The minimum atomic E-state index is -1.24. The number of hydrogen-bond donors (Lipinski definition) is 1. The van der Waals surface area contributed by atoms with Gasteiger partial charge in [0.2, 0.25) is 0 Å². The Morgan fingerprint density at radius 3 is 2.61 bits per heavy atom. The van der Waals surface area contributed by atoms with Crippen LogP contribution in [0.3, 0.4) is 0 Å². The number of halogens is 2. The zero-order valence-corrected chi connectivity index (χ0v) is 11.5. The van der Waals surface area contributed by atoms with Crippen LogP contribution >= 0.6 is 0 Å². The van der Waals surface area contributed by atoms with E-state index in [2.05, 4.69) is 4.72 Å². The van der Waals surface area contributed by atoms with Gasteiger partial charge in [-0.3, -0.25) is 0 Å². The first-order valence-electron chi connectivity index (χ1n) is 5.95. The molecular weight excluding hydrogens is 256 g/mol. The van der Waals surface area contributed by atoms with Gasteiger partial charge in [-0.2, -0.15) is 0 Å². The van der Waals surface area contributed by atoms with Crippen LogP contribution in [0, 0.1) is 11.6 Å². The van der Waals surface area contributed by atoms with E-state index in [1.165, 1.54) is 6.07 Å². The number of benzene rings is 1. The van der Waals surface area contributed by atoms with Gasteiger partial charge in [0.25, 0.3) is 0 Å². The lowest BCUT2D eigenvalue weighted by molar-refractivity contribution is 0.572. The number of hydrogen-bond acceptors (Lipinski definition) is 1. The van der Waals surface area contributed by atoms with Crippen molar-refractivity contribution in [3.8, 4) is 0 Å². The summed E-state index contributed by atoms with van der Waals surface area (Å²) in [5.74, 6) is -1.09. The standard InChI is InChI=1S/C13H17F2NOS/c1-13(2,3)18(17)16-12-5-4-9-10(12)6-8(14)7-11(9)15/h6-7,12,16H,4-5H2,1-3H3. The van der Waals surface area contributed by atoms with Crippen molar-refractivity contribution in [2.45, 2.75) is 44.4 Å². The van der Waals surface area contributed by atoms with Gasteiger partial charge in [-0.05, 0) is 50.8 Å². The van der Waals surface area contributed by atoms with Gasteiger partial charge in [0, 0.05) is 12.1 Å². The normalized spacial score (nSPS) is 20.8. The second-order valence-corrected chi connectivity index (χ2v) is 7.54. The second-order valence-electron chi connectivity index (χ2n) is 5.55. The predicted octanol–water partition coefficient (Wildman–Crippen LogP) is 3.00. The summed E-state index contributed by atoms with van der Waals surface area (Å²) in [6.07, 6.45) is 1.21. The van der Waals surface area contributed by atoms with Crippen LogP contribution in [-0.2, 0) is 17.4 Å². The molecule has 1 aliphatic rings. The van der Waals surface area contributed by atoms with Crippen molar-refractivity contribution >= 4 is 11.0 Å². The van der Waals surface area contributed by atoms with Crippen LogP contribution in [0.25, 0.3) is 0 Å². The van der Waals surface area contributed by atoms with Crippen molar-refractivity contribution < 1.29 is 13.0 Å². The third kappa shape index (κ3) is 2.62. The quantitative estimate of drug-likeness (QED) is 0.881. The Balaban J connectivity index is 2.25. The van der Waals surface area contributed by atoms with Gasteiger partial charge in [-0.15, -0.1) is 0 Å². The van der Waals surface area contributed by atoms with E-state index >= 15 is 0 Å². The van der Waals surface area contributed by atoms with Gasteiger partial charge in [0.15, 0.2) is 0 Å². The van der Waals surface area contributed by atoms with Crippen LogP contribution in [0.5, 0.6) is 0 Å². The average molecular weight is 273 g/mol. The van der Waals surface area contributed by atoms with Crippen LogP contribution in [0.2, 0.25) is 0 Å². The van der Waals surface area contributed by atoms with Crippen molar-refractivity contribution in [1.82, 2.24) is 4.72 Å². The summed E-state index contributed by atoms with van der Waals surface area (Å²) in [7, 11) is -1.24. The molecule has 0 saturated heterocycles. The molecule has 0 heterocycles. The van der Waals surface area contributed by atoms with Crippen LogP contribution in [-0.4, -0.2) is 8.96 Å². The third-order valence-electron chi connectivity index (χ3n) is 3.06. The van der Waals surface area contributed by atoms with E-state index in [1.807, 2.05) is 20.8 Å². The van der Waals surface area contributed by atoms with E-state index in [0.29, 0.717) is 24.0 Å². The third-order valence-corrected chi connectivity index (χ3v) is 4.67. The minimum absolute atomic E-state index is 0.231. The molecule has 5 heteroatoms. The first-order chi connectivity index (χ1) is 8.29. The van der Waals surface area contributed by atoms with E-state index in [0.717, 1.165) is 6.07 Å². The second kappa shape index (κ2) is 4.70. The van der Waals surface area contributed by atoms with E-state index in [-0.39, 0.29) is 6.04 Å². The highest BCUT2D eigenvalue weighted by molar-refractivity contribution is 7.84. The summed E-state index contributed by atoms with van der Waals surface area (Å²) in [5.41, 5.74) is 1.14. The maximum absolute atomic E-state index is 13.6. The fourth-order valence-electron chi connectivity index (χ4n) is 2.07. The van der Waals surface area contributed by atoms with Crippen molar-refractivity contribution in [2.24, 2.45) is 0 Å². The summed E-state index contributed by atoms with van der Waals surface area (Å²) in [6, 6.07) is 2.01. The van der Waals surface area contributed by atoms with Crippen molar-refractivity contribution in [1.29, 1.82) is 0 Å². The number of fused-ring (bicyclic) bond motifs is 1. The Morgan fingerprint density at radius 1 is 1.33 bits per heavy atom. The molecule has 0 bridgehead atoms. The Kier molecular flexibility index (Phi) is 3.56. The molecule has 1 aromatic rings. The molecule has 1 N–H and O–H groups in total. The van der Waals surface area contributed by atoms with Crippen LogP contribution in [0.1, 0.15) is 44.4 Å². The predicted molar refractivity (Wildman–Crippen MR) is 68.5 cm³/mol. The summed E-state index contributed by atoms with van der Waals surface area (Å²) in [5, 5.41) is 0.